The third-order valence-corrected chi connectivity index (χ3v) is 4.57. The monoisotopic (exact) mass is 335 g/mol. The molecule has 4 nitrogen and oxygen atoms in total. The largest absolute Gasteiger partial charge is 0.358 e. The molecule has 1 fully saturated rings. The average molecular weight is 336 g/mol. The molecule has 1 aliphatic rings. The summed E-state index contributed by atoms with van der Waals surface area (Å²) in [5, 5.41) is 7.68. The predicted octanol–water partition coefficient (Wildman–Crippen LogP) is 2.93. The highest BCUT2D eigenvalue weighted by Crippen LogP contribution is 2.26. The minimum Gasteiger partial charge on any atom is -0.358 e. The Kier molecular flexibility index (Phi) is 5.71. The first-order valence-corrected chi connectivity index (χ1v) is 8.13. The van der Waals surface area contributed by atoms with Crippen LogP contribution in [-0.2, 0) is 11.2 Å². The number of carbonyl (C=O) groups is 1. The van der Waals surface area contributed by atoms with E-state index in [1.807, 2.05) is 0 Å². The summed E-state index contributed by atoms with van der Waals surface area (Å²) in [6.07, 6.45) is 2.66. The van der Waals surface area contributed by atoms with Gasteiger partial charge in [-0.15, -0.1) is 12.4 Å². The number of carbonyl (C=O) groups excluding carboxylic acids is 1. The van der Waals surface area contributed by atoms with Crippen molar-refractivity contribution in [2.75, 3.05) is 13.1 Å². The fourth-order valence-corrected chi connectivity index (χ4v) is 3.48. The average Bonchev–Trinajstić information content (AvgIpc) is 2.77. The van der Waals surface area contributed by atoms with Crippen molar-refractivity contribution in [1.82, 2.24) is 15.6 Å². The van der Waals surface area contributed by atoms with Crippen LogP contribution >= 0.6 is 12.4 Å². The van der Waals surface area contributed by atoms with Crippen LogP contribution in [0.3, 0.4) is 0 Å². The second kappa shape index (κ2) is 7.37. The van der Waals surface area contributed by atoms with E-state index >= 15 is 0 Å². The maximum absolute atomic E-state index is 12.4. The number of piperidine rings is 1. The van der Waals surface area contributed by atoms with Crippen molar-refractivity contribution in [2.45, 2.75) is 46.1 Å². The lowest BCUT2D eigenvalue weighted by Crippen LogP contribution is -2.46. The normalized spacial score (nSPS) is 17.8. The minimum absolute atomic E-state index is 0. The topological polar surface area (TPSA) is 56.9 Å². The molecular formula is C18H26ClN3O. The summed E-state index contributed by atoms with van der Waals surface area (Å²) in [5.41, 5.74) is 5.86. The molecule has 1 saturated heterocycles. The summed E-state index contributed by atoms with van der Waals surface area (Å²) in [6.45, 7) is 8.22. The molecule has 2 heterocycles. The van der Waals surface area contributed by atoms with Crippen molar-refractivity contribution in [3.05, 3.63) is 34.5 Å². The van der Waals surface area contributed by atoms with Gasteiger partial charge in [0.2, 0.25) is 5.91 Å². The van der Waals surface area contributed by atoms with E-state index in [9.17, 15) is 4.79 Å². The van der Waals surface area contributed by atoms with E-state index in [-0.39, 0.29) is 24.4 Å². The fourth-order valence-electron chi connectivity index (χ4n) is 3.48. The highest BCUT2D eigenvalue weighted by atomic mass is 35.5. The minimum atomic E-state index is 0. The first-order chi connectivity index (χ1) is 10.5. The summed E-state index contributed by atoms with van der Waals surface area (Å²) >= 11 is 0. The lowest BCUT2D eigenvalue weighted by Gasteiger charge is -2.23. The first kappa shape index (κ1) is 17.8. The van der Waals surface area contributed by atoms with Gasteiger partial charge in [-0.2, -0.15) is 0 Å². The smallest absolute Gasteiger partial charge is 0.224 e. The van der Waals surface area contributed by atoms with Gasteiger partial charge in [0.1, 0.15) is 0 Å². The van der Waals surface area contributed by atoms with Gasteiger partial charge in [-0.25, -0.2) is 0 Å². The van der Waals surface area contributed by atoms with Crippen molar-refractivity contribution in [2.24, 2.45) is 0 Å². The molecule has 0 spiro atoms. The molecule has 0 unspecified atom stereocenters. The molecular weight excluding hydrogens is 310 g/mol. The number of fused-ring (bicyclic) bond motifs is 1. The zero-order valence-electron chi connectivity index (χ0n) is 14.1. The number of H-pyrrole nitrogens is 1. The van der Waals surface area contributed by atoms with Gasteiger partial charge < -0.3 is 15.6 Å². The van der Waals surface area contributed by atoms with Crippen LogP contribution in [0.15, 0.2) is 12.1 Å². The van der Waals surface area contributed by atoms with E-state index in [1.54, 1.807) is 0 Å². The number of rotatable bonds is 3. The highest BCUT2D eigenvalue weighted by molar-refractivity contribution is 5.92. The Morgan fingerprint density at radius 3 is 2.78 bits per heavy atom. The Balaban J connectivity index is 0.00000192. The lowest BCUT2D eigenvalue weighted by molar-refractivity contribution is -0.121. The van der Waals surface area contributed by atoms with Crippen molar-refractivity contribution >= 4 is 29.2 Å². The number of aromatic amines is 1. The van der Waals surface area contributed by atoms with Gasteiger partial charge in [0.05, 0.1) is 6.42 Å². The maximum Gasteiger partial charge on any atom is 0.224 e. The second-order valence-corrected chi connectivity index (χ2v) is 6.52. The van der Waals surface area contributed by atoms with E-state index in [0.717, 1.165) is 42.7 Å². The molecule has 2 aromatic rings. The molecule has 126 valence electrons. The summed E-state index contributed by atoms with van der Waals surface area (Å²) in [6, 6.07) is 4.63. The SMILES string of the molecule is Cc1cc(C)c2[nH]c(C)c(CC(=O)N[C@@H]3CCCNC3)c2c1.Cl. The first-order valence-electron chi connectivity index (χ1n) is 8.13. The zero-order chi connectivity index (χ0) is 15.7. The van der Waals surface area contributed by atoms with Gasteiger partial charge >= 0.3 is 0 Å². The fraction of sp³-hybridized carbons (Fsp3) is 0.500. The van der Waals surface area contributed by atoms with Crippen LogP contribution in [0.5, 0.6) is 0 Å². The van der Waals surface area contributed by atoms with Gasteiger partial charge in [-0.3, -0.25) is 4.79 Å². The van der Waals surface area contributed by atoms with Crippen molar-refractivity contribution in [1.29, 1.82) is 0 Å². The zero-order valence-corrected chi connectivity index (χ0v) is 14.9. The Hall–Kier alpha value is -1.52. The number of hydrogen-bond acceptors (Lipinski definition) is 2. The number of benzene rings is 1. The van der Waals surface area contributed by atoms with Crippen molar-refractivity contribution < 1.29 is 4.79 Å². The summed E-state index contributed by atoms with van der Waals surface area (Å²) in [5.74, 6) is 0.122. The van der Waals surface area contributed by atoms with Crippen LogP contribution in [-0.4, -0.2) is 30.0 Å². The Labute approximate surface area is 143 Å². The van der Waals surface area contributed by atoms with E-state index in [4.69, 9.17) is 0 Å². The predicted molar refractivity (Wildman–Crippen MR) is 97.5 cm³/mol. The Morgan fingerprint density at radius 2 is 2.09 bits per heavy atom. The molecule has 3 N–H and O–H groups in total. The quantitative estimate of drug-likeness (QED) is 0.807. The number of halogens is 1. The highest BCUT2D eigenvalue weighted by Gasteiger charge is 2.18. The van der Waals surface area contributed by atoms with Crippen LogP contribution in [0.4, 0.5) is 0 Å². The molecule has 23 heavy (non-hydrogen) atoms. The molecule has 1 aromatic heterocycles. The van der Waals surface area contributed by atoms with Crippen LogP contribution in [0.25, 0.3) is 10.9 Å². The van der Waals surface area contributed by atoms with E-state index < -0.39 is 0 Å². The van der Waals surface area contributed by atoms with Gasteiger partial charge in [0, 0.05) is 29.2 Å². The molecule has 0 radical (unpaired) electrons. The summed E-state index contributed by atoms with van der Waals surface area (Å²) in [4.78, 5) is 15.8. The standard InChI is InChI=1S/C18H25N3O.ClH/c1-11-7-12(2)18-16(8-11)15(13(3)20-18)9-17(22)21-14-5-4-6-19-10-14;/h7-8,14,19-20H,4-6,9-10H2,1-3H3,(H,21,22);1H/t14-;/m1./s1. The maximum atomic E-state index is 12.4. The van der Waals surface area contributed by atoms with Crippen molar-refractivity contribution in [3.8, 4) is 0 Å². The van der Waals surface area contributed by atoms with Gasteiger partial charge in [-0.1, -0.05) is 11.6 Å². The molecule has 1 aliphatic heterocycles. The number of nitrogens with one attached hydrogen (secondary N) is 3. The Bertz CT molecular complexity index is 702. The molecule has 1 amide bonds. The molecule has 1 aromatic carbocycles. The van der Waals surface area contributed by atoms with Crippen LogP contribution in [0.1, 0.15) is 35.2 Å². The van der Waals surface area contributed by atoms with Gasteiger partial charge in [-0.05, 0) is 57.4 Å². The number of aromatic nitrogens is 1. The number of amides is 1. The van der Waals surface area contributed by atoms with Crippen molar-refractivity contribution in [3.63, 3.8) is 0 Å². The molecule has 0 aliphatic carbocycles. The number of aryl methyl sites for hydroxylation is 3. The van der Waals surface area contributed by atoms with Crippen LogP contribution < -0.4 is 10.6 Å². The molecule has 3 rings (SSSR count). The Morgan fingerprint density at radius 1 is 1.30 bits per heavy atom. The molecule has 0 bridgehead atoms. The van der Waals surface area contributed by atoms with E-state index in [1.165, 1.54) is 16.5 Å². The summed E-state index contributed by atoms with van der Waals surface area (Å²) < 4.78 is 0. The molecule has 5 heteroatoms. The lowest BCUT2D eigenvalue weighted by atomic mass is 10.0. The second-order valence-electron chi connectivity index (χ2n) is 6.52. The number of hydrogen-bond donors (Lipinski definition) is 3. The van der Waals surface area contributed by atoms with Crippen LogP contribution in [0, 0.1) is 20.8 Å². The third-order valence-electron chi connectivity index (χ3n) is 4.57. The van der Waals surface area contributed by atoms with Gasteiger partial charge in [0.15, 0.2) is 0 Å². The van der Waals surface area contributed by atoms with E-state index in [2.05, 4.69) is 48.5 Å². The summed E-state index contributed by atoms with van der Waals surface area (Å²) in [7, 11) is 0. The van der Waals surface area contributed by atoms with Gasteiger partial charge in [0.25, 0.3) is 0 Å². The molecule has 1 atom stereocenters. The molecule has 0 saturated carbocycles. The van der Waals surface area contributed by atoms with E-state index in [0.29, 0.717) is 6.42 Å². The van der Waals surface area contributed by atoms with Crippen LogP contribution in [0.2, 0.25) is 0 Å². The third kappa shape index (κ3) is 3.88.